The molecule has 2 aliphatic rings. The van der Waals surface area contributed by atoms with Crippen molar-refractivity contribution in [2.24, 2.45) is 16.3 Å². The second-order valence-corrected chi connectivity index (χ2v) is 8.27. The highest BCUT2D eigenvalue weighted by Crippen LogP contribution is 2.38. The van der Waals surface area contributed by atoms with E-state index in [-0.39, 0.29) is 35.3 Å². The number of nitrogens with one attached hydrogen (secondary N) is 1. The fourth-order valence-electron chi connectivity index (χ4n) is 4.23. The van der Waals surface area contributed by atoms with Crippen LogP contribution >= 0.6 is 24.0 Å². The van der Waals surface area contributed by atoms with Gasteiger partial charge in [0.15, 0.2) is 5.96 Å². The zero-order chi connectivity index (χ0) is 18.4. The number of carbonyl (C=O) groups is 1. The van der Waals surface area contributed by atoms with E-state index in [2.05, 4.69) is 34.0 Å². The fourth-order valence-corrected chi connectivity index (χ4v) is 4.23. The van der Waals surface area contributed by atoms with Crippen LogP contribution in [0.25, 0.3) is 0 Å². The number of nitrogens with zero attached hydrogens (tertiary/aromatic N) is 4. The molecule has 2 fully saturated rings. The lowest BCUT2D eigenvalue weighted by atomic mass is 9.84. The molecule has 0 aromatic rings. The maximum Gasteiger partial charge on any atom is 0.230 e. The molecule has 0 atom stereocenters. The fraction of sp³-hybridized carbons (Fsp3) is 0.895. The summed E-state index contributed by atoms with van der Waals surface area (Å²) in [6.07, 6.45) is 4.26. The number of rotatable bonds is 5. The number of aliphatic imine (C=N–C) groups is 1. The number of guanidine groups is 1. The minimum Gasteiger partial charge on any atom is -0.355 e. The maximum atomic E-state index is 12.7. The largest absolute Gasteiger partial charge is 0.355 e. The van der Waals surface area contributed by atoms with E-state index in [0.717, 1.165) is 57.8 Å². The van der Waals surface area contributed by atoms with Crippen LogP contribution in [0, 0.1) is 11.3 Å². The van der Waals surface area contributed by atoms with Crippen LogP contribution < -0.4 is 5.32 Å². The molecule has 1 saturated heterocycles. The molecule has 152 valence electrons. The molecule has 0 radical (unpaired) electrons. The summed E-state index contributed by atoms with van der Waals surface area (Å²) in [5.74, 6) is 1.92. The second kappa shape index (κ2) is 10.7. The number of amides is 1. The van der Waals surface area contributed by atoms with Crippen LogP contribution in [0.4, 0.5) is 0 Å². The van der Waals surface area contributed by atoms with Gasteiger partial charge in [0.25, 0.3) is 0 Å². The van der Waals surface area contributed by atoms with Gasteiger partial charge < -0.3 is 15.1 Å². The molecule has 1 N–H and O–H groups in total. The summed E-state index contributed by atoms with van der Waals surface area (Å²) in [4.78, 5) is 23.8. The molecular weight excluding hydrogens is 441 g/mol. The van der Waals surface area contributed by atoms with Crippen molar-refractivity contribution >= 4 is 35.8 Å². The molecule has 0 aromatic heterocycles. The van der Waals surface area contributed by atoms with Crippen molar-refractivity contribution in [2.75, 3.05) is 60.4 Å². The molecule has 6 nitrogen and oxygen atoms in total. The Balaban J connectivity index is 0.00000338. The summed E-state index contributed by atoms with van der Waals surface area (Å²) in [5.41, 5.74) is -0.251. The van der Waals surface area contributed by atoms with Crippen molar-refractivity contribution in [3.8, 4) is 0 Å². The second-order valence-electron chi connectivity index (χ2n) is 8.27. The molecule has 1 heterocycles. The molecule has 1 aliphatic carbocycles. The minimum atomic E-state index is -0.251. The van der Waals surface area contributed by atoms with Gasteiger partial charge in [0.05, 0.1) is 5.41 Å². The number of piperazine rings is 1. The lowest BCUT2D eigenvalue weighted by Crippen LogP contribution is -2.55. The Hall–Kier alpha value is -0.570. The number of halogens is 1. The highest BCUT2D eigenvalue weighted by atomic mass is 127. The van der Waals surface area contributed by atoms with Crippen molar-refractivity contribution in [3.63, 3.8) is 0 Å². The Morgan fingerprint density at radius 3 is 2.19 bits per heavy atom. The van der Waals surface area contributed by atoms with Crippen LogP contribution in [0.2, 0.25) is 0 Å². The van der Waals surface area contributed by atoms with E-state index in [4.69, 9.17) is 0 Å². The summed E-state index contributed by atoms with van der Waals surface area (Å²) >= 11 is 0. The first-order valence-corrected chi connectivity index (χ1v) is 9.77. The topological polar surface area (TPSA) is 51.2 Å². The van der Waals surface area contributed by atoms with Gasteiger partial charge in [0.2, 0.25) is 5.91 Å². The Morgan fingerprint density at radius 1 is 1.15 bits per heavy atom. The predicted molar refractivity (Wildman–Crippen MR) is 119 cm³/mol. The molecule has 1 amide bonds. The quantitative estimate of drug-likeness (QED) is 0.373. The van der Waals surface area contributed by atoms with Crippen molar-refractivity contribution in [3.05, 3.63) is 0 Å². The Labute approximate surface area is 176 Å². The van der Waals surface area contributed by atoms with E-state index in [9.17, 15) is 4.79 Å². The van der Waals surface area contributed by atoms with Crippen LogP contribution in [-0.2, 0) is 4.79 Å². The van der Waals surface area contributed by atoms with Gasteiger partial charge in [0.1, 0.15) is 0 Å². The van der Waals surface area contributed by atoms with Crippen LogP contribution in [-0.4, -0.2) is 87.0 Å². The third-order valence-electron chi connectivity index (χ3n) is 5.51. The van der Waals surface area contributed by atoms with E-state index in [0.29, 0.717) is 12.5 Å². The first-order valence-electron chi connectivity index (χ1n) is 9.77. The first kappa shape index (κ1) is 23.5. The van der Waals surface area contributed by atoms with E-state index in [1.165, 1.54) is 6.54 Å². The number of hydrogen-bond donors (Lipinski definition) is 1. The van der Waals surface area contributed by atoms with Gasteiger partial charge >= 0.3 is 0 Å². The minimum absolute atomic E-state index is 0. The monoisotopic (exact) mass is 479 g/mol. The Morgan fingerprint density at radius 2 is 1.73 bits per heavy atom. The predicted octanol–water partition coefficient (Wildman–Crippen LogP) is 2.10. The average molecular weight is 479 g/mol. The van der Waals surface area contributed by atoms with Crippen molar-refractivity contribution < 1.29 is 4.79 Å². The van der Waals surface area contributed by atoms with Gasteiger partial charge in [-0.1, -0.05) is 26.7 Å². The molecule has 26 heavy (non-hydrogen) atoms. The lowest BCUT2D eigenvalue weighted by molar-refractivity contribution is -0.138. The smallest absolute Gasteiger partial charge is 0.230 e. The number of carbonyl (C=O) groups excluding carboxylic acids is 1. The zero-order valence-corrected chi connectivity index (χ0v) is 19.6. The van der Waals surface area contributed by atoms with Gasteiger partial charge in [-0.3, -0.25) is 14.7 Å². The highest BCUT2D eigenvalue weighted by Gasteiger charge is 2.42. The first-order chi connectivity index (χ1) is 11.9. The molecule has 1 saturated carbocycles. The molecular formula is C19H38IN5O. The average Bonchev–Trinajstić information content (AvgIpc) is 3.05. The van der Waals surface area contributed by atoms with Crippen molar-refractivity contribution in [2.45, 2.75) is 39.5 Å². The van der Waals surface area contributed by atoms with E-state index in [1.807, 2.05) is 21.1 Å². The van der Waals surface area contributed by atoms with Crippen LogP contribution in [0.5, 0.6) is 0 Å². The van der Waals surface area contributed by atoms with E-state index >= 15 is 0 Å². The summed E-state index contributed by atoms with van der Waals surface area (Å²) in [7, 11) is 5.58. The summed E-state index contributed by atoms with van der Waals surface area (Å²) < 4.78 is 0. The lowest BCUT2D eigenvalue weighted by Gasteiger charge is -2.38. The van der Waals surface area contributed by atoms with Crippen LogP contribution in [0.1, 0.15) is 39.5 Å². The van der Waals surface area contributed by atoms with Gasteiger partial charge in [-0.25, -0.2) is 0 Å². The molecule has 2 rings (SSSR count). The molecule has 1 aliphatic heterocycles. The van der Waals surface area contributed by atoms with Crippen molar-refractivity contribution in [1.29, 1.82) is 0 Å². The van der Waals surface area contributed by atoms with E-state index in [1.54, 1.807) is 4.90 Å². The van der Waals surface area contributed by atoms with Crippen LogP contribution in [0.15, 0.2) is 4.99 Å². The van der Waals surface area contributed by atoms with Crippen LogP contribution in [0.3, 0.4) is 0 Å². The van der Waals surface area contributed by atoms with Gasteiger partial charge in [-0.15, -0.1) is 24.0 Å². The molecule has 0 spiro atoms. The zero-order valence-electron chi connectivity index (χ0n) is 17.3. The molecule has 7 heteroatoms. The third-order valence-corrected chi connectivity index (χ3v) is 5.51. The Kier molecular flexibility index (Phi) is 9.64. The summed E-state index contributed by atoms with van der Waals surface area (Å²) in [6, 6.07) is 0. The summed E-state index contributed by atoms with van der Waals surface area (Å²) in [6.45, 7) is 10.6. The SMILES string of the molecule is CN=C(NCC1(C(=O)N(C)C)CCCC1)N1CCN(CC(C)C)CC1.I. The Bertz CT molecular complexity index is 467. The third kappa shape index (κ3) is 5.97. The van der Waals surface area contributed by atoms with Gasteiger partial charge in [-0.05, 0) is 18.8 Å². The van der Waals surface area contributed by atoms with E-state index < -0.39 is 0 Å². The highest BCUT2D eigenvalue weighted by molar-refractivity contribution is 14.0. The molecule has 0 unspecified atom stereocenters. The standard InChI is InChI=1S/C19H37N5O.HI/c1-16(2)14-23-10-12-24(13-11-23)18(20-3)21-15-19(8-6-7-9-19)17(25)22(4)5;/h16H,6-15H2,1-5H3,(H,20,21);1H. The van der Waals surface area contributed by atoms with Gasteiger partial charge in [-0.2, -0.15) is 0 Å². The molecule has 0 aromatic carbocycles. The number of hydrogen-bond acceptors (Lipinski definition) is 3. The molecule has 0 bridgehead atoms. The normalized spacial score (nSPS) is 20.8. The van der Waals surface area contributed by atoms with Crippen molar-refractivity contribution in [1.82, 2.24) is 20.0 Å². The summed E-state index contributed by atoms with van der Waals surface area (Å²) in [5, 5.41) is 3.52. The van der Waals surface area contributed by atoms with Gasteiger partial charge in [0, 0.05) is 60.4 Å². The maximum absolute atomic E-state index is 12.7.